The van der Waals surface area contributed by atoms with Crippen molar-refractivity contribution in [3.63, 3.8) is 0 Å². The van der Waals surface area contributed by atoms with Gasteiger partial charge in [0.25, 0.3) is 0 Å². The molecule has 88 valence electrons. The third-order valence-corrected chi connectivity index (χ3v) is 3.70. The Morgan fingerprint density at radius 1 is 1.31 bits per heavy atom. The molecule has 16 heavy (non-hydrogen) atoms. The van der Waals surface area contributed by atoms with Crippen molar-refractivity contribution in [2.24, 2.45) is 0 Å². The molecule has 1 aliphatic rings. The van der Waals surface area contributed by atoms with Crippen LogP contribution >= 0.6 is 0 Å². The summed E-state index contributed by atoms with van der Waals surface area (Å²) >= 11 is 0. The lowest BCUT2D eigenvalue weighted by Crippen LogP contribution is -2.35. The molecule has 1 aliphatic carbocycles. The van der Waals surface area contributed by atoms with Crippen LogP contribution in [0.4, 0.5) is 0 Å². The van der Waals surface area contributed by atoms with Gasteiger partial charge in [0.05, 0.1) is 11.7 Å². The van der Waals surface area contributed by atoms with E-state index in [4.69, 9.17) is 4.74 Å². The van der Waals surface area contributed by atoms with Crippen molar-refractivity contribution in [3.05, 3.63) is 35.4 Å². The third-order valence-electron chi connectivity index (χ3n) is 3.70. The van der Waals surface area contributed by atoms with Gasteiger partial charge in [0.2, 0.25) is 0 Å². The summed E-state index contributed by atoms with van der Waals surface area (Å²) < 4.78 is 5.76. The average Bonchev–Trinajstić information content (AvgIpc) is 2.31. The molecule has 0 bridgehead atoms. The Kier molecular flexibility index (Phi) is 3.31. The van der Waals surface area contributed by atoms with Gasteiger partial charge < -0.3 is 9.84 Å². The number of aliphatic hydroxyl groups is 1. The van der Waals surface area contributed by atoms with Crippen LogP contribution in [0, 0.1) is 6.92 Å². The van der Waals surface area contributed by atoms with E-state index in [1.54, 1.807) is 7.11 Å². The van der Waals surface area contributed by atoms with E-state index >= 15 is 0 Å². The highest BCUT2D eigenvalue weighted by Crippen LogP contribution is 2.40. The number of aliphatic hydroxyl groups excluding tert-OH is 1. The van der Waals surface area contributed by atoms with E-state index in [9.17, 15) is 5.11 Å². The van der Waals surface area contributed by atoms with Crippen LogP contribution in [-0.4, -0.2) is 18.3 Å². The van der Waals surface area contributed by atoms with Gasteiger partial charge in [0.15, 0.2) is 0 Å². The number of aryl methyl sites for hydroxylation is 1. The monoisotopic (exact) mass is 220 g/mol. The Balaban J connectivity index is 2.28. The maximum Gasteiger partial charge on any atom is 0.0929 e. The van der Waals surface area contributed by atoms with Gasteiger partial charge in [-0.1, -0.05) is 29.8 Å². The number of ether oxygens (including phenoxy) is 1. The first-order valence-electron chi connectivity index (χ1n) is 5.97. The first-order chi connectivity index (χ1) is 7.66. The number of methoxy groups -OCH3 is 1. The van der Waals surface area contributed by atoms with Crippen LogP contribution in [0.3, 0.4) is 0 Å². The van der Waals surface area contributed by atoms with Gasteiger partial charge in [0.1, 0.15) is 0 Å². The summed E-state index contributed by atoms with van der Waals surface area (Å²) in [5, 5.41) is 9.58. The zero-order chi connectivity index (χ0) is 11.6. The zero-order valence-electron chi connectivity index (χ0n) is 10.1. The van der Waals surface area contributed by atoms with Crippen LogP contribution in [0.25, 0.3) is 0 Å². The van der Waals surface area contributed by atoms with Crippen LogP contribution < -0.4 is 0 Å². The molecule has 0 atom stereocenters. The highest BCUT2D eigenvalue weighted by molar-refractivity contribution is 5.28. The summed E-state index contributed by atoms with van der Waals surface area (Å²) in [6, 6.07) is 8.51. The van der Waals surface area contributed by atoms with Gasteiger partial charge in [-0.2, -0.15) is 0 Å². The second kappa shape index (κ2) is 4.56. The summed E-state index contributed by atoms with van der Waals surface area (Å²) in [4.78, 5) is 0. The smallest absolute Gasteiger partial charge is 0.0929 e. The Bertz CT molecular complexity index is 352. The third kappa shape index (κ3) is 2.13. The minimum atomic E-state index is -0.175. The molecule has 2 rings (SSSR count). The van der Waals surface area contributed by atoms with Crippen molar-refractivity contribution >= 4 is 0 Å². The summed E-state index contributed by atoms with van der Waals surface area (Å²) in [5.74, 6) is 0. The van der Waals surface area contributed by atoms with E-state index in [0.29, 0.717) is 0 Å². The van der Waals surface area contributed by atoms with E-state index in [0.717, 1.165) is 25.7 Å². The molecule has 2 nitrogen and oxygen atoms in total. The summed E-state index contributed by atoms with van der Waals surface area (Å²) in [6.07, 6.45) is 3.35. The molecule has 2 heteroatoms. The fourth-order valence-corrected chi connectivity index (χ4v) is 2.61. The van der Waals surface area contributed by atoms with Crippen molar-refractivity contribution in [1.82, 2.24) is 0 Å². The van der Waals surface area contributed by atoms with E-state index in [1.807, 2.05) is 0 Å². The minimum Gasteiger partial charge on any atom is -0.393 e. The molecule has 0 saturated heterocycles. The predicted octanol–water partition coefficient (Wildman–Crippen LogP) is 2.77. The molecule has 1 aromatic carbocycles. The van der Waals surface area contributed by atoms with Gasteiger partial charge in [-0.15, -0.1) is 0 Å². The zero-order valence-corrected chi connectivity index (χ0v) is 10.1. The van der Waals surface area contributed by atoms with E-state index in [2.05, 4.69) is 31.2 Å². The first kappa shape index (κ1) is 11.6. The summed E-state index contributed by atoms with van der Waals surface area (Å²) in [5.41, 5.74) is 2.34. The Morgan fingerprint density at radius 3 is 2.56 bits per heavy atom. The van der Waals surface area contributed by atoms with E-state index < -0.39 is 0 Å². The summed E-state index contributed by atoms with van der Waals surface area (Å²) in [7, 11) is 1.78. The minimum absolute atomic E-state index is 0.145. The lowest BCUT2D eigenvalue weighted by Gasteiger charge is -2.38. The largest absolute Gasteiger partial charge is 0.393 e. The van der Waals surface area contributed by atoms with Crippen molar-refractivity contribution in [2.45, 2.75) is 44.3 Å². The first-order valence-corrected chi connectivity index (χ1v) is 5.97. The van der Waals surface area contributed by atoms with Crippen molar-refractivity contribution < 1.29 is 9.84 Å². The molecule has 0 aliphatic heterocycles. The molecule has 1 N–H and O–H groups in total. The molecule has 1 saturated carbocycles. The van der Waals surface area contributed by atoms with Gasteiger partial charge in [0, 0.05) is 7.11 Å². The van der Waals surface area contributed by atoms with Gasteiger partial charge in [-0.05, 0) is 38.2 Å². The quantitative estimate of drug-likeness (QED) is 0.830. The molecule has 0 heterocycles. The van der Waals surface area contributed by atoms with E-state index in [1.165, 1.54) is 11.1 Å². The lowest BCUT2D eigenvalue weighted by molar-refractivity contribution is -0.0690. The standard InChI is InChI=1S/C14H20O2/c1-11-4-3-5-12(10-11)14(16-2)8-6-13(15)7-9-14/h3-5,10,13,15H,6-9H2,1-2H3/t13-,14+. The molecule has 0 amide bonds. The normalized spacial score (nSPS) is 30.3. The number of benzene rings is 1. The van der Waals surface area contributed by atoms with Crippen LogP contribution in [-0.2, 0) is 10.3 Å². The van der Waals surface area contributed by atoms with Crippen LogP contribution in [0.1, 0.15) is 36.8 Å². The Labute approximate surface area is 97.3 Å². The maximum atomic E-state index is 9.58. The highest BCUT2D eigenvalue weighted by Gasteiger charge is 2.36. The molecule has 1 fully saturated rings. The molecular formula is C14H20O2. The molecule has 0 unspecified atom stereocenters. The fraction of sp³-hybridized carbons (Fsp3) is 0.571. The number of hydrogen-bond acceptors (Lipinski definition) is 2. The topological polar surface area (TPSA) is 29.5 Å². The van der Waals surface area contributed by atoms with Gasteiger partial charge in [-0.3, -0.25) is 0 Å². The second-order valence-electron chi connectivity index (χ2n) is 4.80. The SMILES string of the molecule is CO[C@]1(c2cccc(C)c2)CC[C@H](O)CC1. The molecule has 0 radical (unpaired) electrons. The van der Waals surface area contributed by atoms with Crippen molar-refractivity contribution in [2.75, 3.05) is 7.11 Å². The second-order valence-corrected chi connectivity index (χ2v) is 4.80. The summed E-state index contributed by atoms with van der Waals surface area (Å²) in [6.45, 7) is 2.10. The van der Waals surface area contributed by atoms with Crippen molar-refractivity contribution in [3.8, 4) is 0 Å². The van der Waals surface area contributed by atoms with Gasteiger partial charge in [-0.25, -0.2) is 0 Å². The van der Waals surface area contributed by atoms with Crippen LogP contribution in [0.15, 0.2) is 24.3 Å². The van der Waals surface area contributed by atoms with Crippen molar-refractivity contribution in [1.29, 1.82) is 0 Å². The number of rotatable bonds is 2. The lowest BCUT2D eigenvalue weighted by atomic mass is 9.78. The van der Waals surface area contributed by atoms with Crippen LogP contribution in [0.5, 0.6) is 0 Å². The predicted molar refractivity (Wildman–Crippen MR) is 64.3 cm³/mol. The molecule has 0 aromatic heterocycles. The fourth-order valence-electron chi connectivity index (χ4n) is 2.61. The van der Waals surface area contributed by atoms with E-state index in [-0.39, 0.29) is 11.7 Å². The number of hydrogen-bond donors (Lipinski definition) is 1. The Morgan fingerprint density at radius 2 is 2.00 bits per heavy atom. The molecular weight excluding hydrogens is 200 g/mol. The molecule has 0 spiro atoms. The average molecular weight is 220 g/mol. The molecule has 1 aromatic rings. The Hall–Kier alpha value is -0.860. The van der Waals surface area contributed by atoms with Crippen LogP contribution in [0.2, 0.25) is 0 Å². The maximum absolute atomic E-state index is 9.58. The van der Waals surface area contributed by atoms with Gasteiger partial charge >= 0.3 is 0 Å². The highest BCUT2D eigenvalue weighted by atomic mass is 16.5.